The third-order valence-electron chi connectivity index (χ3n) is 4.08. The van der Waals surface area contributed by atoms with E-state index in [2.05, 4.69) is 0 Å². The van der Waals surface area contributed by atoms with Crippen molar-refractivity contribution < 1.29 is 48.7 Å². The summed E-state index contributed by atoms with van der Waals surface area (Å²) in [7, 11) is -2.64. The smallest absolute Gasteiger partial charge is 1.00 e. The summed E-state index contributed by atoms with van der Waals surface area (Å²) < 4.78 is 31.8. The number of fused-ring (bicyclic) bond motifs is 3. The predicted octanol–water partition coefficient (Wildman–Crippen LogP) is -0.922. The summed E-state index contributed by atoms with van der Waals surface area (Å²) in [6.45, 7) is 1.56. The van der Waals surface area contributed by atoms with Gasteiger partial charge in [0.2, 0.25) is 5.91 Å². The predicted molar refractivity (Wildman–Crippen MR) is 82.2 cm³/mol. The van der Waals surface area contributed by atoms with Crippen LogP contribution in [0.2, 0.25) is 0 Å². The van der Waals surface area contributed by atoms with E-state index in [0.29, 0.717) is 11.3 Å². The first-order valence-corrected chi connectivity index (χ1v) is 8.10. The second kappa shape index (κ2) is 5.62. The van der Waals surface area contributed by atoms with E-state index >= 15 is 0 Å². The van der Waals surface area contributed by atoms with Crippen LogP contribution < -0.4 is 34.5 Å². The minimum atomic E-state index is -4.27. The quantitative estimate of drug-likeness (QED) is 0.571. The number of nitrogens with zero attached hydrogens (tertiary/aromatic N) is 1. The molecule has 112 valence electrons. The van der Waals surface area contributed by atoms with Crippen LogP contribution in [0.1, 0.15) is 13.9 Å². The van der Waals surface area contributed by atoms with E-state index in [9.17, 15) is 17.8 Å². The first-order chi connectivity index (χ1) is 9.74. The fourth-order valence-corrected chi connectivity index (χ4v) is 4.16. The van der Waals surface area contributed by atoms with E-state index in [-0.39, 0.29) is 36.9 Å². The van der Waals surface area contributed by atoms with Crippen molar-refractivity contribution in [1.82, 2.24) is 0 Å². The van der Waals surface area contributed by atoms with Crippen LogP contribution in [-0.2, 0) is 20.3 Å². The molecule has 0 radical (unpaired) electrons. The molecular formula is C15H16NNaO4S. The average molecular weight is 329 g/mol. The van der Waals surface area contributed by atoms with Gasteiger partial charge in [0.15, 0.2) is 0 Å². The van der Waals surface area contributed by atoms with E-state index < -0.39 is 21.3 Å². The van der Waals surface area contributed by atoms with Crippen LogP contribution >= 0.6 is 0 Å². The molecule has 1 N–H and O–H groups in total. The number of anilines is 1. The Labute approximate surface area is 152 Å². The standard InChI is InChI=1S/C15H15NO4S.Na.H/c1-15(9-21(18,19)20)12-8-7-10-5-3-4-6-11(10)13(12)16(2)14(15)17;;/h3-8H,9H2,1-2H3,(H,18,19,20);;/q;+1;-1. The number of hydrogen-bond donors (Lipinski definition) is 1. The molecule has 0 aliphatic carbocycles. The van der Waals surface area contributed by atoms with Crippen molar-refractivity contribution in [2.75, 3.05) is 17.7 Å². The molecule has 1 atom stereocenters. The van der Waals surface area contributed by atoms with Crippen LogP contribution in [0.25, 0.3) is 10.8 Å². The average Bonchev–Trinajstić information content (AvgIpc) is 2.59. The first kappa shape index (κ1) is 17.4. The van der Waals surface area contributed by atoms with Gasteiger partial charge in [-0.25, -0.2) is 0 Å². The van der Waals surface area contributed by atoms with Crippen molar-refractivity contribution in [3.8, 4) is 0 Å². The molecule has 1 heterocycles. The van der Waals surface area contributed by atoms with Gasteiger partial charge in [-0.3, -0.25) is 9.35 Å². The van der Waals surface area contributed by atoms with Crippen LogP contribution in [0.5, 0.6) is 0 Å². The molecule has 1 aliphatic heterocycles. The van der Waals surface area contributed by atoms with E-state index in [4.69, 9.17) is 0 Å². The molecule has 22 heavy (non-hydrogen) atoms. The van der Waals surface area contributed by atoms with Gasteiger partial charge in [-0.1, -0.05) is 36.4 Å². The van der Waals surface area contributed by atoms with Crippen LogP contribution in [0.15, 0.2) is 36.4 Å². The van der Waals surface area contributed by atoms with Crippen molar-refractivity contribution >= 4 is 32.5 Å². The Morgan fingerprint density at radius 3 is 2.50 bits per heavy atom. The summed E-state index contributed by atoms with van der Waals surface area (Å²) in [4.78, 5) is 14.0. The normalized spacial score (nSPS) is 20.9. The van der Waals surface area contributed by atoms with Crippen LogP contribution in [0.4, 0.5) is 5.69 Å². The van der Waals surface area contributed by atoms with Crippen LogP contribution in [0.3, 0.4) is 0 Å². The first-order valence-electron chi connectivity index (χ1n) is 6.49. The largest absolute Gasteiger partial charge is 1.00 e. The molecule has 0 aromatic heterocycles. The van der Waals surface area contributed by atoms with Crippen molar-refractivity contribution in [2.45, 2.75) is 12.3 Å². The number of hydrogen-bond acceptors (Lipinski definition) is 3. The van der Waals surface area contributed by atoms with Gasteiger partial charge in [-0.15, -0.1) is 0 Å². The van der Waals surface area contributed by atoms with Gasteiger partial charge in [0.05, 0.1) is 16.9 Å². The maximum absolute atomic E-state index is 12.6. The number of carbonyl (C=O) groups is 1. The molecule has 0 bridgehead atoms. The second-order valence-electron chi connectivity index (χ2n) is 5.61. The Balaban J connectivity index is 0.00000132. The number of rotatable bonds is 2. The number of likely N-dealkylation sites (N-methyl/N-ethyl adjacent to an activating group) is 1. The molecule has 0 saturated carbocycles. The van der Waals surface area contributed by atoms with Gasteiger partial charge in [0, 0.05) is 12.4 Å². The van der Waals surface area contributed by atoms with Crippen LogP contribution in [0, 0.1) is 0 Å². The number of benzene rings is 2. The Hall–Kier alpha value is -0.920. The van der Waals surface area contributed by atoms with Gasteiger partial charge in [0.25, 0.3) is 10.1 Å². The molecule has 3 rings (SSSR count). The molecular weight excluding hydrogens is 313 g/mol. The van der Waals surface area contributed by atoms with E-state index in [0.717, 1.165) is 10.8 Å². The van der Waals surface area contributed by atoms with E-state index in [1.807, 2.05) is 30.3 Å². The maximum Gasteiger partial charge on any atom is 1.00 e. The van der Waals surface area contributed by atoms with Crippen LogP contribution in [-0.4, -0.2) is 31.7 Å². The van der Waals surface area contributed by atoms with Gasteiger partial charge >= 0.3 is 29.6 Å². The molecule has 1 amide bonds. The van der Waals surface area contributed by atoms with Gasteiger partial charge in [0.1, 0.15) is 0 Å². The Morgan fingerprint density at radius 1 is 1.23 bits per heavy atom. The van der Waals surface area contributed by atoms with Gasteiger partial charge < -0.3 is 6.33 Å². The topological polar surface area (TPSA) is 74.7 Å². The Kier molecular flexibility index (Phi) is 4.45. The Morgan fingerprint density at radius 2 is 1.86 bits per heavy atom. The summed E-state index contributed by atoms with van der Waals surface area (Å²) in [5.41, 5.74) is 0.0809. The fraction of sp³-hybridized carbons (Fsp3) is 0.267. The minimum Gasteiger partial charge on any atom is -1.00 e. The third kappa shape index (κ3) is 2.59. The van der Waals surface area contributed by atoms with E-state index in [1.54, 1.807) is 20.0 Å². The zero-order chi connectivity index (χ0) is 15.4. The SMILES string of the molecule is CN1C(=O)C(C)(CS(=O)(=O)O)c2ccc3ccccc3c21.[H-].[Na+]. The zero-order valence-electron chi connectivity index (χ0n) is 13.7. The molecule has 0 fully saturated rings. The maximum atomic E-state index is 12.6. The Bertz CT molecular complexity index is 871. The summed E-state index contributed by atoms with van der Waals surface area (Å²) >= 11 is 0. The fourth-order valence-electron chi connectivity index (χ4n) is 3.15. The summed E-state index contributed by atoms with van der Waals surface area (Å²) in [6, 6.07) is 11.2. The van der Waals surface area contributed by atoms with Gasteiger partial charge in [-0.05, 0) is 17.9 Å². The molecule has 2 aromatic carbocycles. The second-order valence-corrected chi connectivity index (χ2v) is 7.06. The van der Waals surface area contributed by atoms with E-state index in [1.165, 1.54) is 4.90 Å². The molecule has 1 aliphatic rings. The van der Waals surface area contributed by atoms with Crippen molar-refractivity contribution in [1.29, 1.82) is 0 Å². The van der Waals surface area contributed by atoms with Gasteiger partial charge in [-0.2, -0.15) is 8.42 Å². The zero-order valence-corrected chi connectivity index (χ0v) is 15.5. The van der Waals surface area contributed by atoms with Crippen molar-refractivity contribution in [3.63, 3.8) is 0 Å². The molecule has 0 spiro atoms. The monoisotopic (exact) mass is 329 g/mol. The summed E-state index contributed by atoms with van der Waals surface area (Å²) in [6.07, 6.45) is 0. The van der Waals surface area contributed by atoms with Crippen molar-refractivity contribution in [3.05, 3.63) is 42.0 Å². The van der Waals surface area contributed by atoms with Crippen molar-refractivity contribution in [2.24, 2.45) is 0 Å². The number of carbonyl (C=O) groups excluding carboxylic acids is 1. The molecule has 1 unspecified atom stereocenters. The summed E-state index contributed by atoms with van der Waals surface area (Å²) in [5.74, 6) is -0.944. The minimum absolute atomic E-state index is 0. The molecule has 2 aromatic rings. The number of amides is 1. The summed E-state index contributed by atoms with van der Waals surface area (Å²) in [5, 5.41) is 1.87. The molecule has 5 nitrogen and oxygen atoms in total. The third-order valence-corrected chi connectivity index (χ3v) is 5.02. The molecule has 7 heteroatoms. The molecule has 0 saturated heterocycles.